The van der Waals surface area contributed by atoms with E-state index in [9.17, 15) is 20.2 Å². The van der Waals surface area contributed by atoms with Crippen LogP contribution in [0.15, 0.2) is 18.2 Å². The van der Waals surface area contributed by atoms with Crippen molar-refractivity contribution in [3.8, 4) is 0 Å². The fraction of sp³-hybridized carbons (Fsp3) is 0.455. The molecule has 104 valence electrons. The Morgan fingerprint density at radius 3 is 2.47 bits per heavy atom. The molecule has 0 aliphatic heterocycles. The largest absolute Gasteiger partial charge is 0.385 e. The molecular formula is C11H15N3O5. The van der Waals surface area contributed by atoms with E-state index in [0.29, 0.717) is 25.3 Å². The predicted octanol–water partition coefficient (Wildman–Crippen LogP) is 1.98. The minimum absolute atomic E-state index is 0.269. The molecule has 19 heavy (non-hydrogen) atoms. The van der Waals surface area contributed by atoms with Gasteiger partial charge in [-0.15, -0.1) is 0 Å². The fourth-order valence-electron chi connectivity index (χ4n) is 1.66. The molecule has 0 unspecified atom stereocenters. The second-order valence-electron chi connectivity index (χ2n) is 3.96. The van der Waals surface area contributed by atoms with Crippen LogP contribution in [-0.4, -0.2) is 37.2 Å². The number of rotatable bonds is 7. The summed E-state index contributed by atoms with van der Waals surface area (Å²) < 4.78 is 4.91. The van der Waals surface area contributed by atoms with E-state index in [4.69, 9.17) is 4.74 Å². The van der Waals surface area contributed by atoms with Crippen molar-refractivity contribution < 1.29 is 14.6 Å². The summed E-state index contributed by atoms with van der Waals surface area (Å²) in [6, 6.07) is 3.63. The van der Waals surface area contributed by atoms with Crippen LogP contribution in [0, 0.1) is 20.2 Å². The van der Waals surface area contributed by atoms with Gasteiger partial charge in [-0.3, -0.25) is 20.2 Å². The van der Waals surface area contributed by atoms with Crippen LogP contribution >= 0.6 is 0 Å². The maximum atomic E-state index is 11.0. The molecule has 0 aliphatic carbocycles. The third-order valence-electron chi connectivity index (χ3n) is 2.62. The number of non-ortho nitro benzene ring substituents is 1. The smallest absolute Gasteiger partial charge is 0.299 e. The molecule has 0 heterocycles. The summed E-state index contributed by atoms with van der Waals surface area (Å²) in [7, 11) is 3.28. The third-order valence-corrected chi connectivity index (χ3v) is 2.62. The summed E-state index contributed by atoms with van der Waals surface area (Å²) >= 11 is 0. The molecule has 0 aromatic heterocycles. The Morgan fingerprint density at radius 2 is 1.95 bits per heavy atom. The molecular weight excluding hydrogens is 254 g/mol. The second-order valence-corrected chi connectivity index (χ2v) is 3.96. The highest BCUT2D eigenvalue weighted by Crippen LogP contribution is 2.31. The zero-order valence-corrected chi connectivity index (χ0v) is 10.7. The molecule has 0 bridgehead atoms. The first-order valence-electron chi connectivity index (χ1n) is 5.60. The summed E-state index contributed by atoms with van der Waals surface area (Å²) in [5.41, 5.74) is -0.207. The van der Waals surface area contributed by atoms with Gasteiger partial charge in [-0.1, -0.05) is 0 Å². The maximum Gasteiger partial charge on any atom is 0.299 e. The molecule has 1 rings (SSSR count). The van der Waals surface area contributed by atoms with Crippen LogP contribution in [0.5, 0.6) is 0 Å². The molecule has 1 aromatic carbocycles. The number of ether oxygens (including phenoxy) is 1. The molecule has 1 aromatic rings. The van der Waals surface area contributed by atoms with Crippen molar-refractivity contribution in [2.75, 3.05) is 32.2 Å². The summed E-state index contributed by atoms with van der Waals surface area (Å²) in [4.78, 5) is 22.0. The first-order valence-corrected chi connectivity index (χ1v) is 5.60. The molecule has 0 fully saturated rings. The zero-order chi connectivity index (χ0) is 14.4. The van der Waals surface area contributed by atoms with Crippen LogP contribution in [0.1, 0.15) is 6.42 Å². The van der Waals surface area contributed by atoms with Gasteiger partial charge in [0.15, 0.2) is 0 Å². The molecule has 0 saturated carbocycles. The highest BCUT2D eigenvalue weighted by molar-refractivity contribution is 5.66. The van der Waals surface area contributed by atoms with Crippen molar-refractivity contribution in [3.63, 3.8) is 0 Å². The fourth-order valence-corrected chi connectivity index (χ4v) is 1.66. The highest BCUT2D eigenvalue weighted by Gasteiger charge is 2.21. The van der Waals surface area contributed by atoms with Crippen molar-refractivity contribution in [3.05, 3.63) is 38.4 Å². The lowest BCUT2D eigenvalue weighted by Crippen LogP contribution is -2.20. The Hall–Kier alpha value is -2.22. The van der Waals surface area contributed by atoms with E-state index in [1.54, 1.807) is 19.1 Å². The van der Waals surface area contributed by atoms with Gasteiger partial charge in [0.2, 0.25) is 0 Å². The molecule has 0 N–H and O–H groups in total. The van der Waals surface area contributed by atoms with Gasteiger partial charge in [-0.25, -0.2) is 0 Å². The second kappa shape index (κ2) is 6.64. The Morgan fingerprint density at radius 1 is 1.26 bits per heavy atom. The van der Waals surface area contributed by atoms with Gasteiger partial charge in [0.25, 0.3) is 11.4 Å². The SMILES string of the molecule is COCCCN(C)c1ccc([N+](=O)[O-])cc1[N+](=O)[O-]. The molecule has 0 atom stereocenters. The lowest BCUT2D eigenvalue weighted by molar-refractivity contribution is -0.393. The van der Waals surface area contributed by atoms with E-state index >= 15 is 0 Å². The molecule has 8 heteroatoms. The minimum atomic E-state index is -0.651. The van der Waals surface area contributed by atoms with Crippen LogP contribution in [-0.2, 0) is 4.74 Å². The van der Waals surface area contributed by atoms with Crippen molar-refractivity contribution in [1.82, 2.24) is 0 Å². The first kappa shape index (κ1) is 14.8. The monoisotopic (exact) mass is 269 g/mol. The quantitative estimate of drug-likeness (QED) is 0.426. The maximum absolute atomic E-state index is 11.0. The number of methoxy groups -OCH3 is 1. The van der Waals surface area contributed by atoms with E-state index in [1.807, 2.05) is 0 Å². The van der Waals surface area contributed by atoms with Crippen LogP contribution in [0.25, 0.3) is 0 Å². The summed E-state index contributed by atoms with van der Waals surface area (Å²) in [5, 5.41) is 21.6. The van der Waals surface area contributed by atoms with E-state index in [0.717, 1.165) is 6.07 Å². The Labute approximate surface area is 109 Å². The number of benzene rings is 1. The Balaban J connectivity index is 2.99. The lowest BCUT2D eigenvalue weighted by Gasteiger charge is -2.18. The first-order chi connectivity index (χ1) is 8.97. The highest BCUT2D eigenvalue weighted by atomic mass is 16.6. The van der Waals surface area contributed by atoms with E-state index < -0.39 is 9.85 Å². The number of nitro groups is 2. The number of anilines is 1. The minimum Gasteiger partial charge on any atom is -0.385 e. The Kier molecular flexibility index (Phi) is 5.19. The summed E-state index contributed by atoms with van der Waals surface area (Å²) in [6.45, 7) is 1.11. The molecule has 0 aliphatic rings. The lowest BCUT2D eigenvalue weighted by atomic mass is 10.2. The predicted molar refractivity (Wildman–Crippen MR) is 69.5 cm³/mol. The number of hydrogen-bond acceptors (Lipinski definition) is 6. The molecule has 8 nitrogen and oxygen atoms in total. The number of hydrogen-bond donors (Lipinski definition) is 0. The number of nitro benzene ring substituents is 2. The molecule has 0 spiro atoms. The third kappa shape index (κ3) is 3.88. The standard InChI is InChI=1S/C11H15N3O5/c1-12(6-3-7-19-2)10-5-4-9(13(15)16)8-11(10)14(17)18/h4-5,8H,3,6-7H2,1-2H3. The summed E-state index contributed by atoms with van der Waals surface area (Å²) in [6.07, 6.45) is 0.709. The van der Waals surface area contributed by atoms with Gasteiger partial charge in [-0.2, -0.15) is 0 Å². The molecule has 0 radical (unpaired) electrons. The molecule has 0 amide bonds. The van der Waals surface area contributed by atoms with E-state index in [1.165, 1.54) is 12.1 Å². The zero-order valence-electron chi connectivity index (χ0n) is 10.7. The van der Waals surface area contributed by atoms with Gasteiger partial charge in [0, 0.05) is 33.4 Å². The normalized spacial score (nSPS) is 10.2. The van der Waals surface area contributed by atoms with Gasteiger partial charge in [0.1, 0.15) is 5.69 Å². The molecule has 0 saturated heterocycles. The van der Waals surface area contributed by atoms with Crippen LogP contribution in [0.4, 0.5) is 17.1 Å². The van der Waals surface area contributed by atoms with Gasteiger partial charge >= 0.3 is 0 Å². The van der Waals surface area contributed by atoms with Gasteiger partial charge in [0.05, 0.1) is 15.9 Å². The van der Waals surface area contributed by atoms with Crippen molar-refractivity contribution in [2.45, 2.75) is 6.42 Å². The number of nitrogens with zero attached hydrogens (tertiary/aromatic N) is 3. The van der Waals surface area contributed by atoms with Gasteiger partial charge in [-0.05, 0) is 12.5 Å². The topological polar surface area (TPSA) is 98.8 Å². The van der Waals surface area contributed by atoms with Crippen LogP contribution in [0.2, 0.25) is 0 Å². The van der Waals surface area contributed by atoms with Crippen molar-refractivity contribution >= 4 is 17.1 Å². The van der Waals surface area contributed by atoms with Crippen LogP contribution in [0.3, 0.4) is 0 Å². The average molecular weight is 269 g/mol. The van der Waals surface area contributed by atoms with Crippen molar-refractivity contribution in [1.29, 1.82) is 0 Å². The van der Waals surface area contributed by atoms with Crippen molar-refractivity contribution in [2.24, 2.45) is 0 Å². The Bertz CT molecular complexity index is 477. The van der Waals surface area contributed by atoms with Gasteiger partial charge < -0.3 is 9.64 Å². The van der Waals surface area contributed by atoms with Crippen LogP contribution < -0.4 is 4.90 Å². The average Bonchev–Trinajstić information content (AvgIpc) is 2.38. The summed E-state index contributed by atoms with van der Waals surface area (Å²) in [5.74, 6) is 0. The van der Waals surface area contributed by atoms with E-state index in [-0.39, 0.29) is 11.4 Å². The van der Waals surface area contributed by atoms with E-state index in [2.05, 4.69) is 0 Å².